The van der Waals surface area contributed by atoms with Gasteiger partial charge in [-0.3, -0.25) is 0 Å². The molecule has 1 fully saturated rings. The van der Waals surface area contributed by atoms with Gasteiger partial charge in [-0.15, -0.1) is 0 Å². The van der Waals surface area contributed by atoms with Crippen LogP contribution in [0.15, 0.2) is 54.3 Å². The number of hydrogen-bond acceptors (Lipinski definition) is 2. The number of hydrogen-bond donors (Lipinski definition) is 1. The molecule has 98 valence electrons. The number of carbonyl (C=O) groups is 1. The van der Waals surface area contributed by atoms with Crippen molar-refractivity contribution in [1.82, 2.24) is 5.32 Å². The van der Waals surface area contributed by atoms with Gasteiger partial charge in [0.15, 0.2) is 0 Å². The molecule has 2 aromatic carbocycles. The van der Waals surface area contributed by atoms with Gasteiger partial charge in [-0.2, -0.15) is 0 Å². The first kappa shape index (κ1) is 11.3. The molecule has 0 radical (unpaired) electrons. The molecule has 1 amide bonds. The van der Waals surface area contributed by atoms with Gasteiger partial charge in [-0.05, 0) is 29.2 Å². The Labute approximate surface area is 116 Å². The van der Waals surface area contributed by atoms with Crippen LogP contribution in [0.3, 0.4) is 0 Å². The smallest absolute Gasteiger partial charge is 0.412 e. The minimum absolute atomic E-state index is 0.100. The summed E-state index contributed by atoms with van der Waals surface area (Å²) in [6.45, 7) is 1.94. The van der Waals surface area contributed by atoms with E-state index >= 15 is 0 Å². The molecule has 1 unspecified atom stereocenters. The summed E-state index contributed by atoms with van der Waals surface area (Å²) in [6.07, 6.45) is -0.373. The van der Waals surface area contributed by atoms with Gasteiger partial charge in [0, 0.05) is 5.57 Å². The van der Waals surface area contributed by atoms with Crippen LogP contribution >= 0.6 is 0 Å². The van der Waals surface area contributed by atoms with Gasteiger partial charge in [0.1, 0.15) is 5.76 Å². The van der Waals surface area contributed by atoms with Crippen LogP contribution in [0.4, 0.5) is 4.79 Å². The maximum Gasteiger partial charge on any atom is 0.412 e. The topological polar surface area (TPSA) is 38.3 Å². The Bertz CT molecular complexity index is 714. The van der Waals surface area contributed by atoms with E-state index in [1.54, 1.807) is 0 Å². The molecular weight excluding hydrogens is 250 g/mol. The fourth-order valence-corrected chi connectivity index (χ4v) is 3.01. The average molecular weight is 263 g/mol. The highest BCUT2D eigenvalue weighted by Gasteiger charge is 2.33. The number of nitrogens with one attached hydrogen (secondary N) is 1. The monoisotopic (exact) mass is 263 g/mol. The Hall–Kier alpha value is -2.55. The van der Waals surface area contributed by atoms with Gasteiger partial charge >= 0.3 is 6.09 Å². The highest BCUT2D eigenvalue weighted by Crippen LogP contribution is 2.46. The zero-order chi connectivity index (χ0) is 13.7. The number of alkyl carbamates (subject to hydrolysis) is 1. The Kier molecular flexibility index (Phi) is 2.24. The minimum atomic E-state index is -0.373. The highest BCUT2D eigenvalue weighted by atomic mass is 16.6. The summed E-state index contributed by atoms with van der Waals surface area (Å²) in [5.41, 5.74) is 5.68. The van der Waals surface area contributed by atoms with E-state index in [-0.39, 0.29) is 12.1 Å². The fraction of sp³-hybridized carbons (Fsp3) is 0.118. The molecule has 1 heterocycles. The molecule has 20 heavy (non-hydrogen) atoms. The van der Waals surface area contributed by atoms with Crippen molar-refractivity contribution in [3.05, 3.63) is 65.4 Å². The van der Waals surface area contributed by atoms with E-state index in [1.807, 2.05) is 31.2 Å². The van der Waals surface area contributed by atoms with E-state index < -0.39 is 0 Å². The molecule has 1 aliphatic heterocycles. The second kappa shape index (κ2) is 3.97. The number of benzene rings is 2. The summed E-state index contributed by atoms with van der Waals surface area (Å²) in [5.74, 6) is 0.715. The van der Waals surface area contributed by atoms with Crippen molar-refractivity contribution in [2.24, 2.45) is 0 Å². The minimum Gasteiger partial charge on any atom is -0.412 e. The van der Waals surface area contributed by atoms with Gasteiger partial charge in [0.25, 0.3) is 0 Å². The molecule has 2 aromatic rings. The summed E-state index contributed by atoms with van der Waals surface area (Å²) in [4.78, 5) is 11.5. The summed E-state index contributed by atoms with van der Waals surface area (Å²) >= 11 is 0. The largest absolute Gasteiger partial charge is 0.412 e. The summed E-state index contributed by atoms with van der Waals surface area (Å²) in [5, 5.41) is 2.79. The van der Waals surface area contributed by atoms with Gasteiger partial charge in [-0.25, -0.2) is 4.79 Å². The van der Waals surface area contributed by atoms with E-state index in [0.29, 0.717) is 5.76 Å². The first-order valence-corrected chi connectivity index (χ1v) is 6.67. The van der Waals surface area contributed by atoms with E-state index in [0.717, 1.165) is 16.7 Å². The second-order valence-electron chi connectivity index (χ2n) is 5.09. The number of ether oxygens (including phenoxy) is 1. The van der Waals surface area contributed by atoms with Crippen molar-refractivity contribution in [3.8, 4) is 11.1 Å². The highest BCUT2D eigenvalue weighted by molar-refractivity contribution is 6.02. The third-order valence-electron chi connectivity index (χ3n) is 3.86. The first-order valence-electron chi connectivity index (χ1n) is 6.67. The zero-order valence-electron chi connectivity index (χ0n) is 11.0. The Balaban J connectivity index is 2.06. The van der Waals surface area contributed by atoms with Crippen molar-refractivity contribution in [1.29, 1.82) is 0 Å². The Morgan fingerprint density at radius 1 is 0.900 bits per heavy atom. The number of fused-ring (bicyclic) bond motifs is 3. The molecule has 0 spiro atoms. The van der Waals surface area contributed by atoms with E-state index in [2.05, 4.69) is 29.6 Å². The molecule has 4 rings (SSSR count). The third-order valence-corrected chi connectivity index (χ3v) is 3.86. The number of amides is 1. The standard InChI is InChI=1S/C17H13NO2/c1-10-16(20-17(19)18-10)15-13-8-4-2-6-11(13)12-7-3-5-9-14(12)15/h2-10H,1H3,(H,18,19). The Morgan fingerprint density at radius 3 is 1.85 bits per heavy atom. The van der Waals surface area contributed by atoms with Crippen molar-refractivity contribution < 1.29 is 9.53 Å². The predicted octanol–water partition coefficient (Wildman–Crippen LogP) is 3.55. The summed E-state index contributed by atoms with van der Waals surface area (Å²) in [7, 11) is 0. The summed E-state index contributed by atoms with van der Waals surface area (Å²) in [6, 6.07) is 16.4. The number of cyclic esters (lactones) is 1. The fourth-order valence-electron chi connectivity index (χ4n) is 3.01. The lowest BCUT2D eigenvalue weighted by molar-refractivity contribution is 0.195. The average Bonchev–Trinajstić information content (AvgIpc) is 2.96. The van der Waals surface area contributed by atoms with Crippen LogP contribution in [0.5, 0.6) is 0 Å². The summed E-state index contributed by atoms with van der Waals surface area (Å²) < 4.78 is 5.40. The predicted molar refractivity (Wildman–Crippen MR) is 77.0 cm³/mol. The maximum absolute atomic E-state index is 11.5. The van der Waals surface area contributed by atoms with Gasteiger partial charge in [0.2, 0.25) is 0 Å². The quantitative estimate of drug-likeness (QED) is 0.673. The first-order chi connectivity index (χ1) is 9.75. The normalized spacial score (nSPS) is 19.4. The molecule has 1 N–H and O–H groups in total. The van der Waals surface area contributed by atoms with Crippen molar-refractivity contribution in [2.75, 3.05) is 0 Å². The lowest BCUT2D eigenvalue weighted by atomic mass is 10.0. The van der Waals surface area contributed by atoms with E-state index in [1.165, 1.54) is 11.1 Å². The SMILES string of the molecule is CC1NC(=O)OC1=C1c2ccccc2-c2ccccc21. The van der Waals surface area contributed by atoms with Crippen LogP contribution < -0.4 is 5.32 Å². The van der Waals surface area contributed by atoms with Crippen LogP contribution in [0.25, 0.3) is 16.7 Å². The van der Waals surface area contributed by atoms with Crippen LogP contribution in [-0.2, 0) is 4.74 Å². The molecule has 1 atom stereocenters. The van der Waals surface area contributed by atoms with Crippen LogP contribution in [0, 0.1) is 0 Å². The molecule has 1 saturated heterocycles. The van der Waals surface area contributed by atoms with Gasteiger partial charge in [-0.1, -0.05) is 48.5 Å². The van der Waals surface area contributed by atoms with Gasteiger partial charge in [0.05, 0.1) is 6.04 Å². The Morgan fingerprint density at radius 2 is 1.40 bits per heavy atom. The van der Waals surface area contributed by atoms with Gasteiger partial charge < -0.3 is 10.1 Å². The lowest BCUT2D eigenvalue weighted by Gasteiger charge is -2.09. The van der Waals surface area contributed by atoms with Crippen LogP contribution in [-0.4, -0.2) is 12.1 Å². The molecular formula is C17H13NO2. The molecule has 0 bridgehead atoms. The van der Waals surface area contributed by atoms with Crippen molar-refractivity contribution >= 4 is 11.7 Å². The number of rotatable bonds is 0. The van der Waals surface area contributed by atoms with E-state index in [9.17, 15) is 4.79 Å². The van der Waals surface area contributed by atoms with Crippen LogP contribution in [0.2, 0.25) is 0 Å². The van der Waals surface area contributed by atoms with Crippen molar-refractivity contribution in [3.63, 3.8) is 0 Å². The molecule has 3 heteroatoms. The van der Waals surface area contributed by atoms with E-state index in [4.69, 9.17) is 4.74 Å². The molecule has 1 aliphatic carbocycles. The molecule has 3 nitrogen and oxygen atoms in total. The third kappa shape index (κ3) is 1.43. The van der Waals surface area contributed by atoms with Crippen molar-refractivity contribution in [2.45, 2.75) is 13.0 Å². The maximum atomic E-state index is 11.5. The zero-order valence-corrected chi connectivity index (χ0v) is 11.0. The second-order valence-corrected chi connectivity index (χ2v) is 5.09. The lowest BCUT2D eigenvalue weighted by Crippen LogP contribution is -2.21. The van der Waals surface area contributed by atoms with Crippen LogP contribution in [0.1, 0.15) is 18.1 Å². The number of carbonyl (C=O) groups excluding carboxylic acids is 1. The molecule has 0 aromatic heterocycles. The molecule has 2 aliphatic rings. The molecule has 0 saturated carbocycles.